The predicted molar refractivity (Wildman–Crippen MR) is 154 cm³/mol. The van der Waals surface area contributed by atoms with Crippen LogP contribution in [0.4, 0.5) is 0 Å². The van der Waals surface area contributed by atoms with Crippen LogP contribution in [0.2, 0.25) is 0 Å². The van der Waals surface area contributed by atoms with Crippen molar-refractivity contribution in [2.45, 2.75) is 37.5 Å². The molecule has 1 aliphatic rings. The molecule has 0 spiro atoms. The maximum absolute atomic E-state index is 12.9. The number of methoxy groups -OCH3 is 1. The van der Waals surface area contributed by atoms with E-state index in [4.69, 9.17) is 14.7 Å². The molecule has 4 aromatic rings. The molecule has 7 nitrogen and oxygen atoms in total. The molecule has 4 aromatic carbocycles. The number of benzene rings is 4. The molecule has 1 N–H and O–H groups in total. The zero-order valence-corrected chi connectivity index (χ0v) is 23.0. The highest BCUT2D eigenvalue weighted by molar-refractivity contribution is 7.88. The van der Waals surface area contributed by atoms with Crippen molar-refractivity contribution < 1.29 is 22.7 Å². The Labute approximate surface area is 234 Å². The molecule has 0 fully saturated rings. The van der Waals surface area contributed by atoms with Crippen LogP contribution in [0.5, 0.6) is 5.75 Å². The van der Waals surface area contributed by atoms with Gasteiger partial charge in [0.05, 0.1) is 30.1 Å². The van der Waals surface area contributed by atoms with E-state index in [-0.39, 0.29) is 11.7 Å². The number of nitrogens with one attached hydrogen (secondary N) is 1. The topological polar surface area (TPSA) is 105 Å². The van der Waals surface area contributed by atoms with Crippen LogP contribution >= 0.6 is 0 Å². The summed E-state index contributed by atoms with van der Waals surface area (Å²) in [7, 11) is -2.32. The Balaban J connectivity index is 1.24. The molecular formula is C32H30N2O5S. The minimum Gasteiger partial charge on any atom is -0.489 e. The summed E-state index contributed by atoms with van der Waals surface area (Å²) < 4.78 is 39.4. The summed E-state index contributed by atoms with van der Waals surface area (Å²) in [4.78, 5) is 11.8. The molecule has 0 amide bonds. The summed E-state index contributed by atoms with van der Waals surface area (Å²) in [6, 6.07) is 26.4. The standard InChI is InChI=1S/C32H30N2O5S/c1-38-32(35)28-6-2-4-24(16-28)21-40(36,37)34-19-29-7-3-5-25-12-13-30(17-31(25)29)39-20-23-9-11-26-14-22(18-33)8-10-27(26)15-23/h2,4,6,8-17,29,34H,3,5,7,19-21H2,1H3. The van der Waals surface area contributed by atoms with Crippen molar-refractivity contribution in [3.63, 3.8) is 0 Å². The minimum absolute atomic E-state index is 0.0403. The van der Waals surface area contributed by atoms with Gasteiger partial charge < -0.3 is 9.47 Å². The molecule has 0 heterocycles. The number of hydrogen-bond acceptors (Lipinski definition) is 6. The molecule has 204 valence electrons. The number of carbonyl (C=O) groups excluding carboxylic acids is 1. The summed E-state index contributed by atoms with van der Waals surface area (Å²) in [6.07, 6.45) is 2.83. The lowest BCUT2D eigenvalue weighted by Crippen LogP contribution is -2.31. The predicted octanol–water partition coefficient (Wildman–Crippen LogP) is 5.62. The van der Waals surface area contributed by atoms with Gasteiger partial charge in [0.2, 0.25) is 10.0 Å². The number of nitriles is 1. The van der Waals surface area contributed by atoms with Crippen molar-refractivity contribution in [1.82, 2.24) is 4.72 Å². The zero-order chi connectivity index (χ0) is 28.1. The van der Waals surface area contributed by atoms with Gasteiger partial charge in [0.25, 0.3) is 0 Å². The molecule has 5 rings (SSSR count). The lowest BCUT2D eigenvalue weighted by atomic mass is 9.83. The van der Waals surface area contributed by atoms with Gasteiger partial charge in [-0.1, -0.05) is 36.4 Å². The van der Waals surface area contributed by atoms with Crippen LogP contribution < -0.4 is 9.46 Å². The number of ether oxygens (including phenoxy) is 2. The van der Waals surface area contributed by atoms with Crippen LogP contribution in [0.25, 0.3) is 10.8 Å². The van der Waals surface area contributed by atoms with E-state index >= 15 is 0 Å². The maximum Gasteiger partial charge on any atom is 0.337 e. The third-order valence-corrected chi connectivity index (χ3v) is 8.57. The average Bonchev–Trinajstić information content (AvgIpc) is 2.98. The molecular weight excluding hydrogens is 524 g/mol. The molecule has 0 saturated carbocycles. The van der Waals surface area contributed by atoms with Gasteiger partial charge in [-0.25, -0.2) is 17.9 Å². The molecule has 1 aliphatic carbocycles. The number of hydrogen-bond donors (Lipinski definition) is 1. The smallest absolute Gasteiger partial charge is 0.337 e. The second-order valence-electron chi connectivity index (χ2n) is 10.0. The third kappa shape index (κ3) is 6.50. The zero-order valence-electron chi connectivity index (χ0n) is 22.2. The minimum atomic E-state index is -3.62. The Bertz CT molecular complexity index is 1710. The van der Waals surface area contributed by atoms with E-state index in [2.05, 4.69) is 22.9 Å². The fourth-order valence-corrected chi connectivity index (χ4v) is 6.38. The molecule has 0 radical (unpaired) electrons. The van der Waals surface area contributed by atoms with Crippen molar-refractivity contribution in [3.05, 3.63) is 112 Å². The van der Waals surface area contributed by atoms with Crippen LogP contribution in [0.3, 0.4) is 0 Å². The Kier molecular flexibility index (Phi) is 8.15. The van der Waals surface area contributed by atoms with E-state index < -0.39 is 16.0 Å². The van der Waals surface area contributed by atoms with Crippen LogP contribution in [-0.2, 0) is 33.5 Å². The van der Waals surface area contributed by atoms with Gasteiger partial charge in [-0.05, 0) is 101 Å². The van der Waals surface area contributed by atoms with E-state index in [0.29, 0.717) is 29.8 Å². The molecule has 0 saturated heterocycles. The first-order valence-corrected chi connectivity index (χ1v) is 14.8. The van der Waals surface area contributed by atoms with Gasteiger partial charge in [-0.3, -0.25) is 0 Å². The van der Waals surface area contributed by atoms with Crippen molar-refractivity contribution in [2.24, 2.45) is 0 Å². The van der Waals surface area contributed by atoms with Crippen LogP contribution in [0.1, 0.15) is 56.9 Å². The van der Waals surface area contributed by atoms with Gasteiger partial charge in [0.1, 0.15) is 12.4 Å². The first-order valence-electron chi connectivity index (χ1n) is 13.2. The molecule has 1 unspecified atom stereocenters. The quantitative estimate of drug-likeness (QED) is 0.269. The van der Waals surface area contributed by atoms with E-state index in [1.807, 2.05) is 42.5 Å². The number of esters is 1. The normalized spacial score (nSPS) is 14.8. The highest BCUT2D eigenvalue weighted by Crippen LogP contribution is 2.34. The number of aryl methyl sites for hydroxylation is 1. The van der Waals surface area contributed by atoms with Crippen molar-refractivity contribution in [3.8, 4) is 11.8 Å². The number of rotatable bonds is 9. The Morgan fingerprint density at radius 1 is 1.00 bits per heavy atom. The summed E-state index contributed by atoms with van der Waals surface area (Å²) in [5, 5.41) is 11.2. The lowest BCUT2D eigenvalue weighted by Gasteiger charge is -2.26. The van der Waals surface area contributed by atoms with Crippen molar-refractivity contribution >= 4 is 26.8 Å². The molecule has 8 heteroatoms. The summed E-state index contributed by atoms with van der Waals surface area (Å²) >= 11 is 0. The summed E-state index contributed by atoms with van der Waals surface area (Å²) in [5.41, 5.74) is 4.83. The second kappa shape index (κ2) is 11.9. The third-order valence-electron chi connectivity index (χ3n) is 7.25. The van der Waals surface area contributed by atoms with Crippen molar-refractivity contribution in [2.75, 3.05) is 13.7 Å². The fraction of sp³-hybridized carbons (Fsp3) is 0.250. The molecule has 0 aliphatic heterocycles. The Morgan fingerprint density at radius 3 is 2.65 bits per heavy atom. The highest BCUT2D eigenvalue weighted by atomic mass is 32.2. The summed E-state index contributed by atoms with van der Waals surface area (Å²) in [5.74, 6) is 0.0647. The van der Waals surface area contributed by atoms with Crippen molar-refractivity contribution in [1.29, 1.82) is 5.26 Å². The van der Waals surface area contributed by atoms with Crippen LogP contribution in [-0.4, -0.2) is 28.0 Å². The average molecular weight is 555 g/mol. The Morgan fingerprint density at radius 2 is 1.82 bits per heavy atom. The fourth-order valence-electron chi connectivity index (χ4n) is 5.20. The number of sulfonamides is 1. The van der Waals surface area contributed by atoms with Crippen LogP contribution in [0.15, 0.2) is 78.9 Å². The first-order chi connectivity index (χ1) is 19.3. The number of fused-ring (bicyclic) bond motifs is 2. The molecule has 1 atom stereocenters. The largest absolute Gasteiger partial charge is 0.489 e. The molecule has 0 bridgehead atoms. The number of nitrogens with zero attached hydrogens (tertiary/aromatic N) is 1. The van der Waals surface area contributed by atoms with Gasteiger partial charge in [0, 0.05) is 6.54 Å². The second-order valence-corrected chi connectivity index (χ2v) is 11.9. The summed E-state index contributed by atoms with van der Waals surface area (Å²) in [6.45, 7) is 0.696. The van der Waals surface area contributed by atoms with Gasteiger partial charge >= 0.3 is 5.97 Å². The van der Waals surface area contributed by atoms with E-state index in [9.17, 15) is 13.2 Å². The SMILES string of the molecule is COC(=O)c1cccc(CS(=O)(=O)NCC2CCCc3ccc(OCc4ccc5cc(C#N)ccc5c4)cc32)c1. The Hall–Kier alpha value is -4.19. The molecule has 40 heavy (non-hydrogen) atoms. The maximum atomic E-state index is 12.9. The van der Waals surface area contributed by atoms with E-state index in [1.165, 1.54) is 12.7 Å². The molecule has 0 aromatic heterocycles. The highest BCUT2D eigenvalue weighted by Gasteiger charge is 2.23. The van der Waals surface area contributed by atoms with E-state index in [1.54, 1.807) is 24.3 Å². The van der Waals surface area contributed by atoms with Gasteiger partial charge in [-0.15, -0.1) is 0 Å². The number of carbonyl (C=O) groups is 1. The monoisotopic (exact) mass is 554 g/mol. The van der Waals surface area contributed by atoms with E-state index in [0.717, 1.165) is 46.9 Å². The first kappa shape index (κ1) is 27.4. The van der Waals surface area contributed by atoms with Gasteiger partial charge in [-0.2, -0.15) is 5.26 Å². The van der Waals surface area contributed by atoms with Gasteiger partial charge in [0.15, 0.2) is 0 Å². The lowest BCUT2D eigenvalue weighted by molar-refractivity contribution is 0.0600. The van der Waals surface area contributed by atoms with Crippen LogP contribution in [0, 0.1) is 11.3 Å².